The molecule has 3 nitrogen and oxygen atoms in total. The SMILES string of the molecule is Cc1ccc(-c2cncc(C(=O)NC(C)CCc3ccccc3)c2)cc1. The first-order valence-electron chi connectivity index (χ1n) is 8.99. The Morgan fingerprint density at radius 2 is 1.73 bits per heavy atom. The third-order valence-electron chi connectivity index (χ3n) is 4.47. The summed E-state index contributed by atoms with van der Waals surface area (Å²) in [6, 6.07) is 20.6. The maximum atomic E-state index is 12.6. The lowest BCUT2D eigenvalue weighted by Crippen LogP contribution is -2.33. The van der Waals surface area contributed by atoms with E-state index < -0.39 is 0 Å². The van der Waals surface area contributed by atoms with E-state index in [2.05, 4.69) is 53.6 Å². The van der Waals surface area contributed by atoms with Crippen molar-refractivity contribution in [1.29, 1.82) is 0 Å². The van der Waals surface area contributed by atoms with Gasteiger partial charge in [0.2, 0.25) is 0 Å². The molecule has 1 aromatic heterocycles. The van der Waals surface area contributed by atoms with E-state index in [0.717, 1.165) is 24.0 Å². The summed E-state index contributed by atoms with van der Waals surface area (Å²) in [6.45, 7) is 4.10. The van der Waals surface area contributed by atoms with Crippen LogP contribution in [0.15, 0.2) is 73.1 Å². The molecule has 0 aliphatic rings. The van der Waals surface area contributed by atoms with Crippen molar-refractivity contribution >= 4 is 5.91 Å². The summed E-state index contributed by atoms with van der Waals surface area (Å²) in [5.41, 5.74) is 5.11. The van der Waals surface area contributed by atoms with Crippen LogP contribution in [0.2, 0.25) is 0 Å². The van der Waals surface area contributed by atoms with Gasteiger partial charge >= 0.3 is 0 Å². The minimum absolute atomic E-state index is 0.0768. The van der Waals surface area contributed by atoms with Crippen LogP contribution >= 0.6 is 0 Å². The Morgan fingerprint density at radius 1 is 1.00 bits per heavy atom. The number of aryl methyl sites for hydroxylation is 2. The number of rotatable bonds is 6. The second-order valence-electron chi connectivity index (χ2n) is 6.73. The van der Waals surface area contributed by atoms with Crippen LogP contribution in [0, 0.1) is 6.92 Å². The number of carbonyl (C=O) groups excluding carboxylic acids is 1. The molecule has 1 amide bonds. The average molecular weight is 344 g/mol. The molecular formula is C23H24N2O. The Balaban J connectivity index is 1.62. The van der Waals surface area contributed by atoms with E-state index in [1.165, 1.54) is 11.1 Å². The van der Waals surface area contributed by atoms with Crippen molar-refractivity contribution in [2.24, 2.45) is 0 Å². The predicted octanol–water partition coefficient (Wildman–Crippen LogP) is 4.81. The fraction of sp³-hybridized carbons (Fsp3) is 0.217. The van der Waals surface area contributed by atoms with E-state index in [1.807, 2.05) is 31.2 Å². The van der Waals surface area contributed by atoms with Gasteiger partial charge in [0.15, 0.2) is 0 Å². The van der Waals surface area contributed by atoms with Crippen molar-refractivity contribution in [1.82, 2.24) is 10.3 Å². The molecule has 26 heavy (non-hydrogen) atoms. The zero-order valence-electron chi connectivity index (χ0n) is 15.3. The fourth-order valence-electron chi connectivity index (χ4n) is 2.88. The Labute approximate surface area is 155 Å². The number of hydrogen-bond acceptors (Lipinski definition) is 2. The minimum atomic E-state index is -0.0768. The highest BCUT2D eigenvalue weighted by Gasteiger charge is 2.11. The van der Waals surface area contributed by atoms with Crippen LogP contribution in [0.4, 0.5) is 0 Å². The quantitative estimate of drug-likeness (QED) is 0.697. The van der Waals surface area contributed by atoms with Gasteiger partial charge in [0.25, 0.3) is 5.91 Å². The molecule has 1 heterocycles. The van der Waals surface area contributed by atoms with Crippen LogP contribution < -0.4 is 5.32 Å². The lowest BCUT2D eigenvalue weighted by atomic mass is 10.0. The van der Waals surface area contributed by atoms with Crippen LogP contribution in [0.5, 0.6) is 0 Å². The molecule has 1 N–H and O–H groups in total. The molecule has 1 atom stereocenters. The Kier molecular flexibility index (Phi) is 5.80. The van der Waals surface area contributed by atoms with Crippen LogP contribution in [0.25, 0.3) is 11.1 Å². The molecular weight excluding hydrogens is 320 g/mol. The normalized spacial score (nSPS) is 11.8. The second-order valence-corrected chi connectivity index (χ2v) is 6.73. The van der Waals surface area contributed by atoms with Gasteiger partial charge in [0.05, 0.1) is 5.56 Å². The topological polar surface area (TPSA) is 42.0 Å². The predicted molar refractivity (Wildman–Crippen MR) is 106 cm³/mol. The molecule has 2 aromatic carbocycles. The number of nitrogens with zero attached hydrogens (tertiary/aromatic N) is 1. The van der Waals surface area contributed by atoms with Crippen molar-refractivity contribution in [2.45, 2.75) is 32.7 Å². The summed E-state index contributed by atoms with van der Waals surface area (Å²) in [5.74, 6) is -0.0768. The standard InChI is InChI=1S/C23H24N2O/c1-17-8-12-20(13-9-17)21-14-22(16-24-15-21)23(26)25-18(2)10-11-19-6-4-3-5-7-19/h3-9,12-16,18H,10-11H2,1-2H3,(H,25,26). The molecule has 0 radical (unpaired) electrons. The number of pyridine rings is 1. The highest BCUT2D eigenvalue weighted by Crippen LogP contribution is 2.20. The average Bonchev–Trinajstić information content (AvgIpc) is 2.68. The maximum Gasteiger partial charge on any atom is 0.253 e. The largest absolute Gasteiger partial charge is 0.350 e. The van der Waals surface area contributed by atoms with Gasteiger partial charge in [-0.15, -0.1) is 0 Å². The van der Waals surface area contributed by atoms with Gasteiger partial charge in [0, 0.05) is 24.0 Å². The number of amides is 1. The van der Waals surface area contributed by atoms with E-state index >= 15 is 0 Å². The van der Waals surface area contributed by atoms with Gasteiger partial charge in [0.1, 0.15) is 0 Å². The van der Waals surface area contributed by atoms with Crippen LogP contribution in [0.3, 0.4) is 0 Å². The third-order valence-corrected chi connectivity index (χ3v) is 4.47. The first-order valence-corrected chi connectivity index (χ1v) is 8.99. The first-order chi connectivity index (χ1) is 12.6. The van der Waals surface area contributed by atoms with Gasteiger partial charge in [-0.2, -0.15) is 0 Å². The van der Waals surface area contributed by atoms with Crippen molar-refractivity contribution in [3.05, 3.63) is 89.7 Å². The van der Waals surface area contributed by atoms with Crippen LogP contribution in [-0.2, 0) is 6.42 Å². The van der Waals surface area contributed by atoms with Gasteiger partial charge in [-0.05, 0) is 43.9 Å². The Bertz CT molecular complexity index is 857. The maximum absolute atomic E-state index is 12.6. The molecule has 0 bridgehead atoms. The van der Waals surface area contributed by atoms with E-state index in [-0.39, 0.29) is 11.9 Å². The summed E-state index contributed by atoms with van der Waals surface area (Å²) < 4.78 is 0. The lowest BCUT2D eigenvalue weighted by Gasteiger charge is -2.14. The smallest absolute Gasteiger partial charge is 0.253 e. The van der Waals surface area contributed by atoms with Gasteiger partial charge in [-0.3, -0.25) is 9.78 Å². The molecule has 1 unspecified atom stereocenters. The van der Waals surface area contributed by atoms with Crippen LogP contribution in [0.1, 0.15) is 34.8 Å². The molecule has 0 aliphatic heterocycles. The van der Waals surface area contributed by atoms with Crippen molar-refractivity contribution in [2.75, 3.05) is 0 Å². The molecule has 3 rings (SSSR count). The van der Waals surface area contributed by atoms with Crippen LogP contribution in [-0.4, -0.2) is 16.9 Å². The van der Waals surface area contributed by atoms with Gasteiger partial charge < -0.3 is 5.32 Å². The van der Waals surface area contributed by atoms with Gasteiger partial charge in [-0.1, -0.05) is 60.2 Å². The monoisotopic (exact) mass is 344 g/mol. The minimum Gasteiger partial charge on any atom is -0.350 e. The zero-order valence-corrected chi connectivity index (χ0v) is 15.3. The fourth-order valence-corrected chi connectivity index (χ4v) is 2.88. The molecule has 3 aromatic rings. The molecule has 0 saturated heterocycles. The molecule has 132 valence electrons. The Hall–Kier alpha value is -2.94. The molecule has 0 aliphatic carbocycles. The summed E-state index contributed by atoms with van der Waals surface area (Å²) in [6.07, 6.45) is 5.27. The van der Waals surface area contributed by atoms with Crippen molar-refractivity contribution < 1.29 is 4.79 Å². The number of aromatic nitrogens is 1. The Morgan fingerprint density at radius 3 is 2.46 bits per heavy atom. The lowest BCUT2D eigenvalue weighted by molar-refractivity contribution is 0.0938. The van der Waals surface area contributed by atoms with E-state index in [0.29, 0.717) is 5.56 Å². The summed E-state index contributed by atoms with van der Waals surface area (Å²) in [7, 11) is 0. The van der Waals surface area contributed by atoms with Crippen molar-refractivity contribution in [3.8, 4) is 11.1 Å². The summed E-state index contributed by atoms with van der Waals surface area (Å²) in [5, 5.41) is 3.08. The number of benzene rings is 2. The van der Waals surface area contributed by atoms with Crippen molar-refractivity contribution in [3.63, 3.8) is 0 Å². The van der Waals surface area contributed by atoms with E-state index in [9.17, 15) is 4.79 Å². The highest BCUT2D eigenvalue weighted by molar-refractivity contribution is 5.95. The number of hydrogen-bond donors (Lipinski definition) is 1. The first kappa shape index (κ1) is 17.9. The number of carbonyl (C=O) groups is 1. The number of nitrogens with one attached hydrogen (secondary N) is 1. The van der Waals surface area contributed by atoms with E-state index in [1.54, 1.807) is 12.4 Å². The molecule has 3 heteroatoms. The van der Waals surface area contributed by atoms with Gasteiger partial charge in [-0.25, -0.2) is 0 Å². The summed E-state index contributed by atoms with van der Waals surface area (Å²) >= 11 is 0. The van der Waals surface area contributed by atoms with E-state index in [4.69, 9.17) is 0 Å². The second kappa shape index (κ2) is 8.43. The highest BCUT2D eigenvalue weighted by atomic mass is 16.1. The third kappa shape index (κ3) is 4.79. The molecule has 0 fully saturated rings. The molecule has 0 spiro atoms. The zero-order chi connectivity index (χ0) is 18.4. The summed E-state index contributed by atoms with van der Waals surface area (Å²) in [4.78, 5) is 16.8. The molecule has 0 saturated carbocycles.